The number of aromatic nitrogens is 2. The van der Waals surface area contributed by atoms with Gasteiger partial charge in [0.25, 0.3) is 0 Å². The van der Waals surface area contributed by atoms with Crippen molar-refractivity contribution >= 4 is 34.0 Å². The van der Waals surface area contributed by atoms with Crippen molar-refractivity contribution in [3.8, 4) is 0 Å². The van der Waals surface area contributed by atoms with Crippen LogP contribution in [-0.2, 0) is 6.54 Å². The van der Waals surface area contributed by atoms with Crippen molar-refractivity contribution in [3.63, 3.8) is 0 Å². The molecule has 1 aromatic heterocycles. The minimum atomic E-state index is -0.253. The third kappa shape index (κ3) is 4.89. The number of nitrogens with one attached hydrogen (secondary N) is 1. The molecule has 0 spiro atoms. The van der Waals surface area contributed by atoms with E-state index in [1.807, 2.05) is 32.0 Å². The maximum atomic E-state index is 12.9. The summed E-state index contributed by atoms with van der Waals surface area (Å²) in [6.45, 7) is 4.57. The standard InChI is InChI=1S/C19H18FN3OS2/c1-12-3-6-15(9-13(12)2)17(24)11-25-19-23-22-18(26-19)21-10-14-4-7-16(20)8-5-14/h3-9H,10-11H2,1-2H3,(H,21,22). The van der Waals surface area contributed by atoms with Gasteiger partial charge < -0.3 is 5.32 Å². The number of carbonyl (C=O) groups is 1. The summed E-state index contributed by atoms with van der Waals surface area (Å²) in [7, 11) is 0. The van der Waals surface area contributed by atoms with Crippen LogP contribution in [-0.4, -0.2) is 21.7 Å². The summed E-state index contributed by atoms with van der Waals surface area (Å²) in [4.78, 5) is 12.3. The van der Waals surface area contributed by atoms with E-state index in [0.717, 1.165) is 21.0 Å². The van der Waals surface area contributed by atoms with Crippen LogP contribution in [0.15, 0.2) is 46.8 Å². The van der Waals surface area contributed by atoms with E-state index in [2.05, 4.69) is 15.5 Å². The summed E-state index contributed by atoms with van der Waals surface area (Å²) in [6, 6.07) is 12.1. The number of Topliss-reactive ketones (excluding diaryl/α,β-unsaturated/α-hetero) is 1. The second kappa shape index (κ2) is 8.42. The summed E-state index contributed by atoms with van der Waals surface area (Å²) in [5.41, 5.74) is 3.97. The van der Waals surface area contributed by atoms with Gasteiger partial charge >= 0.3 is 0 Å². The molecule has 4 nitrogen and oxygen atoms in total. The second-order valence-corrected chi connectivity index (χ2v) is 8.06. The van der Waals surface area contributed by atoms with Gasteiger partial charge in [0, 0.05) is 12.1 Å². The van der Waals surface area contributed by atoms with Gasteiger partial charge in [-0.05, 0) is 48.7 Å². The molecule has 0 aliphatic carbocycles. The predicted octanol–water partition coefficient (Wildman–Crippen LogP) is 4.88. The van der Waals surface area contributed by atoms with Crippen molar-refractivity contribution in [1.29, 1.82) is 0 Å². The molecule has 0 aliphatic heterocycles. The van der Waals surface area contributed by atoms with Gasteiger partial charge in [0.15, 0.2) is 10.1 Å². The van der Waals surface area contributed by atoms with Gasteiger partial charge in [-0.1, -0.05) is 47.4 Å². The lowest BCUT2D eigenvalue weighted by Gasteiger charge is -2.03. The number of thioether (sulfide) groups is 1. The normalized spacial score (nSPS) is 10.7. The molecular weight excluding hydrogens is 369 g/mol. The lowest BCUT2D eigenvalue weighted by Crippen LogP contribution is -2.03. The minimum absolute atomic E-state index is 0.0779. The number of rotatable bonds is 7. The van der Waals surface area contributed by atoms with Gasteiger partial charge in [-0.2, -0.15) is 0 Å². The lowest BCUT2D eigenvalue weighted by atomic mass is 10.0. The fraction of sp³-hybridized carbons (Fsp3) is 0.211. The van der Waals surface area contributed by atoms with E-state index in [-0.39, 0.29) is 11.6 Å². The number of hydrogen-bond donors (Lipinski definition) is 1. The number of aryl methyl sites for hydroxylation is 2. The van der Waals surface area contributed by atoms with Crippen molar-refractivity contribution in [3.05, 3.63) is 70.5 Å². The Hall–Kier alpha value is -2.25. The first-order chi connectivity index (χ1) is 12.5. The van der Waals surface area contributed by atoms with Crippen LogP contribution < -0.4 is 5.32 Å². The summed E-state index contributed by atoms with van der Waals surface area (Å²) in [5.74, 6) is 0.153. The number of hydrogen-bond acceptors (Lipinski definition) is 6. The van der Waals surface area contributed by atoms with E-state index in [9.17, 15) is 9.18 Å². The lowest BCUT2D eigenvalue weighted by molar-refractivity contribution is 0.102. The Balaban J connectivity index is 1.52. The Kier molecular flexibility index (Phi) is 6.00. The van der Waals surface area contributed by atoms with Crippen molar-refractivity contribution in [2.75, 3.05) is 11.1 Å². The summed E-state index contributed by atoms with van der Waals surface area (Å²) in [5, 5.41) is 12.0. The van der Waals surface area contributed by atoms with Crippen molar-refractivity contribution in [1.82, 2.24) is 10.2 Å². The Morgan fingerprint density at radius 2 is 1.88 bits per heavy atom. The summed E-state index contributed by atoms with van der Waals surface area (Å²) in [6.07, 6.45) is 0. The molecule has 0 saturated heterocycles. The highest BCUT2D eigenvalue weighted by Crippen LogP contribution is 2.26. The van der Waals surface area contributed by atoms with E-state index in [0.29, 0.717) is 17.4 Å². The SMILES string of the molecule is Cc1ccc(C(=O)CSc2nnc(NCc3ccc(F)cc3)s2)cc1C. The van der Waals surface area contributed by atoms with Crippen LogP contribution in [0.5, 0.6) is 0 Å². The Morgan fingerprint density at radius 3 is 2.62 bits per heavy atom. The van der Waals surface area contributed by atoms with Gasteiger partial charge in [-0.3, -0.25) is 4.79 Å². The van der Waals surface area contributed by atoms with Gasteiger partial charge in [-0.25, -0.2) is 4.39 Å². The molecule has 1 heterocycles. The Bertz CT molecular complexity index is 909. The summed E-state index contributed by atoms with van der Waals surface area (Å²) < 4.78 is 13.6. The molecule has 134 valence electrons. The van der Waals surface area contributed by atoms with Crippen molar-refractivity contribution < 1.29 is 9.18 Å². The number of benzene rings is 2. The average molecular weight is 388 g/mol. The van der Waals surface area contributed by atoms with Crippen molar-refractivity contribution in [2.45, 2.75) is 24.7 Å². The third-order valence-electron chi connectivity index (χ3n) is 3.92. The monoisotopic (exact) mass is 387 g/mol. The van der Waals surface area contributed by atoms with Crippen LogP contribution in [0.2, 0.25) is 0 Å². The quantitative estimate of drug-likeness (QED) is 0.462. The highest BCUT2D eigenvalue weighted by Gasteiger charge is 2.11. The Morgan fingerprint density at radius 1 is 1.12 bits per heavy atom. The van der Waals surface area contributed by atoms with Crippen LogP contribution in [0.4, 0.5) is 9.52 Å². The third-order valence-corrected chi connectivity index (χ3v) is 5.93. The number of ketones is 1. The molecule has 0 unspecified atom stereocenters. The molecular formula is C19H18FN3OS2. The van der Waals surface area contributed by atoms with Crippen molar-refractivity contribution in [2.24, 2.45) is 0 Å². The second-order valence-electron chi connectivity index (χ2n) is 5.86. The topological polar surface area (TPSA) is 54.9 Å². The van der Waals surface area contributed by atoms with Crippen LogP contribution in [0.1, 0.15) is 27.0 Å². The molecule has 0 fully saturated rings. The maximum Gasteiger partial charge on any atom is 0.206 e. The first-order valence-corrected chi connectivity index (χ1v) is 9.86. The number of nitrogens with zero attached hydrogens (tertiary/aromatic N) is 2. The molecule has 0 saturated carbocycles. The van der Waals surface area contributed by atoms with Gasteiger partial charge in [0.2, 0.25) is 5.13 Å². The van der Waals surface area contributed by atoms with Gasteiger partial charge in [0.1, 0.15) is 5.82 Å². The summed E-state index contributed by atoms with van der Waals surface area (Å²) >= 11 is 2.79. The van der Waals surface area contributed by atoms with E-state index in [1.54, 1.807) is 12.1 Å². The molecule has 0 radical (unpaired) electrons. The van der Waals surface area contributed by atoms with E-state index >= 15 is 0 Å². The average Bonchev–Trinajstić information content (AvgIpc) is 3.09. The molecule has 3 rings (SSSR count). The minimum Gasteiger partial charge on any atom is -0.356 e. The molecule has 2 aromatic carbocycles. The molecule has 3 aromatic rings. The van der Waals surface area contributed by atoms with E-state index < -0.39 is 0 Å². The molecule has 0 aliphatic rings. The van der Waals surface area contributed by atoms with Crippen LogP contribution in [0.25, 0.3) is 0 Å². The molecule has 0 atom stereocenters. The maximum absolute atomic E-state index is 12.9. The highest BCUT2D eigenvalue weighted by molar-refractivity contribution is 8.01. The fourth-order valence-electron chi connectivity index (χ4n) is 2.24. The molecule has 1 N–H and O–H groups in total. The van der Waals surface area contributed by atoms with Crippen LogP contribution >= 0.6 is 23.1 Å². The molecule has 7 heteroatoms. The molecule has 26 heavy (non-hydrogen) atoms. The van der Waals surface area contributed by atoms with E-state index in [4.69, 9.17) is 0 Å². The smallest absolute Gasteiger partial charge is 0.206 e. The van der Waals surface area contributed by atoms with Gasteiger partial charge in [-0.15, -0.1) is 10.2 Å². The largest absolute Gasteiger partial charge is 0.356 e. The zero-order valence-electron chi connectivity index (χ0n) is 14.5. The zero-order valence-corrected chi connectivity index (χ0v) is 16.1. The van der Waals surface area contributed by atoms with E-state index in [1.165, 1.54) is 40.8 Å². The molecule has 0 bridgehead atoms. The Labute approximate surface area is 159 Å². The van der Waals surface area contributed by atoms with Gasteiger partial charge in [0.05, 0.1) is 5.75 Å². The van der Waals surface area contributed by atoms with Crippen LogP contribution in [0, 0.1) is 19.7 Å². The highest BCUT2D eigenvalue weighted by atomic mass is 32.2. The predicted molar refractivity (Wildman–Crippen MR) is 105 cm³/mol. The van der Waals surface area contributed by atoms with Crippen LogP contribution in [0.3, 0.4) is 0 Å². The fourth-order valence-corrected chi connectivity index (χ4v) is 3.89. The first-order valence-electron chi connectivity index (χ1n) is 8.06. The first kappa shape index (κ1) is 18.5. The molecule has 0 amide bonds. The number of carbonyl (C=O) groups excluding carboxylic acids is 1. The zero-order chi connectivity index (χ0) is 18.5. The number of anilines is 1. The number of halogens is 1.